The maximum absolute atomic E-state index is 13.6. The molecule has 180 valence electrons. The van der Waals surface area contributed by atoms with E-state index in [4.69, 9.17) is 11.6 Å². The highest BCUT2D eigenvalue weighted by atomic mass is 35.5. The molecule has 0 unspecified atom stereocenters. The minimum Gasteiger partial charge on any atom is -0.339 e. The van der Waals surface area contributed by atoms with Gasteiger partial charge in [0.2, 0.25) is 11.8 Å². The van der Waals surface area contributed by atoms with Crippen LogP contribution in [0.4, 0.5) is 10.5 Å². The number of hydrogen-bond acceptors (Lipinski definition) is 4. The topological polar surface area (TPSA) is 76.2 Å². The van der Waals surface area contributed by atoms with Crippen molar-refractivity contribution in [1.29, 1.82) is 0 Å². The third-order valence-electron chi connectivity index (χ3n) is 7.21. The fraction of sp³-hybridized carbons (Fsp3) is 0.625. The Balaban J connectivity index is 1.36. The van der Waals surface area contributed by atoms with Gasteiger partial charge in [0.05, 0.1) is 6.04 Å². The second-order valence-electron chi connectivity index (χ2n) is 9.28. The van der Waals surface area contributed by atoms with Crippen LogP contribution >= 0.6 is 11.6 Å². The number of piperazine rings is 2. The third-order valence-corrected chi connectivity index (χ3v) is 7.44. The number of hydrogen-bond donors (Lipinski definition) is 1. The Morgan fingerprint density at radius 3 is 2.12 bits per heavy atom. The lowest BCUT2D eigenvalue weighted by Crippen LogP contribution is -2.61. The van der Waals surface area contributed by atoms with E-state index in [-0.39, 0.29) is 23.9 Å². The molecule has 1 N–H and O–H groups in total. The van der Waals surface area contributed by atoms with Crippen LogP contribution in [0.5, 0.6) is 0 Å². The Bertz CT molecular complexity index is 859. The molecule has 1 aliphatic carbocycles. The molecule has 0 radical (unpaired) electrons. The lowest BCUT2D eigenvalue weighted by Gasteiger charge is -2.43. The highest BCUT2D eigenvalue weighted by Crippen LogP contribution is 2.32. The van der Waals surface area contributed by atoms with Crippen LogP contribution in [0.1, 0.15) is 32.6 Å². The third kappa shape index (κ3) is 5.79. The van der Waals surface area contributed by atoms with E-state index in [1.165, 1.54) is 12.8 Å². The summed E-state index contributed by atoms with van der Waals surface area (Å²) in [5.41, 5.74) is 0.679. The summed E-state index contributed by atoms with van der Waals surface area (Å²) in [5, 5.41) is 3.50. The van der Waals surface area contributed by atoms with E-state index in [1.807, 2.05) is 21.9 Å². The number of anilines is 1. The first kappa shape index (κ1) is 23.8. The molecule has 4 amide bonds. The van der Waals surface area contributed by atoms with Gasteiger partial charge in [-0.25, -0.2) is 4.79 Å². The summed E-state index contributed by atoms with van der Waals surface area (Å²) >= 11 is 6.02. The second-order valence-corrected chi connectivity index (χ2v) is 9.72. The van der Waals surface area contributed by atoms with Gasteiger partial charge in [-0.2, -0.15) is 0 Å². The number of halogens is 1. The quantitative estimate of drug-likeness (QED) is 0.726. The second kappa shape index (κ2) is 10.7. The van der Waals surface area contributed by atoms with Crippen LogP contribution in [0.2, 0.25) is 5.02 Å². The van der Waals surface area contributed by atoms with Crippen LogP contribution in [-0.4, -0.2) is 95.8 Å². The Kier molecular flexibility index (Phi) is 7.75. The molecule has 0 spiro atoms. The molecule has 1 aromatic rings. The van der Waals surface area contributed by atoms with E-state index >= 15 is 0 Å². The first-order chi connectivity index (χ1) is 15.9. The minimum absolute atomic E-state index is 0.0709. The first-order valence-electron chi connectivity index (χ1n) is 12.0. The van der Waals surface area contributed by atoms with Gasteiger partial charge in [-0.3, -0.25) is 14.5 Å². The summed E-state index contributed by atoms with van der Waals surface area (Å²) in [4.78, 5) is 45.9. The average molecular weight is 476 g/mol. The molecule has 8 nitrogen and oxygen atoms in total. The fourth-order valence-electron chi connectivity index (χ4n) is 5.33. The molecule has 0 aromatic heterocycles. The van der Waals surface area contributed by atoms with Gasteiger partial charge in [-0.05, 0) is 37.0 Å². The molecule has 1 atom stereocenters. The molecule has 3 fully saturated rings. The van der Waals surface area contributed by atoms with Gasteiger partial charge >= 0.3 is 6.03 Å². The number of nitrogens with one attached hydrogen (secondary N) is 1. The molecule has 1 aromatic carbocycles. The zero-order chi connectivity index (χ0) is 23.4. The van der Waals surface area contributed by atoms with Gasteiger partial charge in [0.15, 0.2) is 0 Å². The number of urea groups is 1. The largest absolute Gasteiger partial charge is 0.339 e. The standard InChI is InChI=1S/C24H34ClN5O3/c1-18(31)27-9-13-29(14-10-27)23(32)22(19-5-2-3-6-19)28-11-15-30(16-12-28)24(33)26-21-8-4-7-20(25)17-21/h4,7-8,17,19,22H,2-3,5-6,9-16H2,1H3,(H,26,33)/t22-/m1/s1. The summed E-state index contributed by atoms with van der Waals surface area (Å²) in [6.07, 6.45) is 4.52. The molecular weight excluding hydrogens is 442 g/mol. The van der Waals surface area contributed by atoms with Crippen LogP contribution in [0.25, 0.3) is 0 Å². The van der Waals surface area contributed by atoms with Crippen LogP contribution in [0.15, 0.2) is 24.3 Å². The number of rotatable bonds is 4. The van der Waals surface area contributed by atoms with Gasteiger partial charge < -0.3 is 20.0 Å². The van der Waals surface area contributed by atoms with Crippen molar-refractivity contribution < 1.29 is 14.4 Å². The lowest BCUT2D eigenvalue weighted by atomic mass is 9.94. The van der Waals surface area contributed by atoms with Gasteiger partial charge in [-0.1, -0.05) is 30.5 Å². The van der Waals surface area contributed by atoms with E-state index in [0.29, 0.717) is 69.0 Å². The van der Waals surface area contributed by atoms with Gasteiger partial charge in [0.25, 0.3) is 0 Å². The summed E-state index contributed by atoms with van der Waals surface area (Å²) in [6.45, 7) is 6.54. The van der Waals surface area contributed by atoms with E-state index < -0.39 is 0 Å². The molecule has 4 rings (SSSR count). The zero-order valence-corrected chi connectivity index (χ0v) is 20.1. The highest BCUT2D eigenvalue weighted by Gasteiger charge is 2.40. The van der Waals surface area contributed by atoms with Gasteiger partial charge in [0, 0.05) is 70.0 Å². The van der Waals surface area contributed by atoms with Crippen molar-refractivity contribution >= 4 is 35.1 Å². The molecular formula is C24H34ClN5O3. The Morgan fingerprint density at radius 1 is 0.909 bits per heavy atom. The van der Waals surface area contributed by atoms with Crippen molar-refractivity contribution in [1.82, 2.24) is 19.6 Å². The van der Waals surface area contributed by atoms with Crippen molar-refractivity contribution in [3.05, 3.63) is 29.3 Å². The van der Waals surface area contributed by atoms with Gasteiger partial charge in [-0.15, -0.1) is 0 Å². The Morgan fingerprint density at radius 2 is 1.52 bits per heavy atom. The molecule has 9 heteroatoms. The summed E-state index contributed by atoms with van der Waals surface area (Å²) in [6, 6.07) is 6.87. The van der Waals surface area contributed by atoms with E-state index in [0.717, 1.165) is 12.8 Å². The van der Waals surface area contributed by atoms with Crippen molar-refractivity contribution in [2.75, 3.05) is 57.7 Å². The smallest absolute Gasteiger partial charge is 0.321 e. The maximum Gasteiger partial charge on any atom is 0.321 e. The molecule has 0 bridgehead atoms. The van der Waals surface area contributed by atoms with Gasteiger partial charge in [0.1, 0.15) is 0 Å². The van der Waals surface area contributed by atoms with Crippen LogP contribution in [-0.2, 0) is 9.59 Å². The normalized spacial score (nSPS) is 21.2. The fourth-order valence-corrected chi connectivity index (χ4v) is 5.52. The Labute approximate surface area is 200 Å². The summed E-state index contributed by atoms with van der Waals surface area (Å²) in [5.74, 6) is 0.638. The van der Waals surface area contributed by atoms with E-state index in [2.05, 4.69) is 10.2 Å². The van der Waals surface area contributed by atoms with Crippen molar-refractivity contribution in [2.45, 2.75) is 38.6 Å². The SMILES string of the molecule is CC(=O)N1CCN(C(=O)[C@@H](C2CCCC2)N2CCN(C(=O)Nc3cccc(Cl)c3)CC2)CC1. The first-order valence-corrected chi connectivity index (χ1v) is 12.4. The molecule has 1 saturated carbocycles. The zero-order valence-electron chi connectivity index (χ0n) is 19.3. The molecule has 3 aliphatic rings. The van der Waals surface area contributed by atoms with Crippen LogP contribution < -0.4 is 5.32 Å². The molecule has 33 heavy (non-hydrogen) atoms. The molecule has 2 heterocycles. The number of nitrogens with zero attached hydrogens (tertiary/aromatic N) is 4. The molecule has 2 saturated heterocycles. The lowest BCUT2D eigenvalue weighted by molar-refractivity contribution is -0.144. The maximum atomic E-state index is 13.6. The van der Waals surface area contributed by atoms with Crippen molar-refractivity contribution in [3.63, 3.8) is 0 Å². The summed E-state index contributed by atoms with van der Waals surface area (Å²) in [7, 11) is 0. The minimum atomic E-state index is -0.138. The number of carbonyl (C=O) groups excluding carboxylic acids is 3. The number of benzene rings is 1. The van der Waals surface area contributed by atoms with E-state index in [1.54, 1.807) is 24.0 Å². The summed E-state index contributed by atoms with van der Waals surface area (Å²) < 4.78 is 0. The monoisotopic (exact) mass is 475 g/mol. The molecule has 2 aliphatic heterocycles. The number of carbonyl (C=O) groups is 3. The highest BCUT2D eigenvalue weighted by molar-refractivity contribution is 6.30. The van der Waals surface area contributed by atoms with Crippen LogP contribution in [0, 0.1) is 5.92 Å². The Hall–Kier alpha value is -2.32. The van der Waals surface area contributed by atoms with E-state index in [9.17, 15) is 14.4 Å². The van der Waals surface area contributed by atoms with Crippen LogP contribution in [0.3, 0.4) is 0 Å². The number of amides is 4. The van der Waals surface area contributed by atoms with Crippen molar-refractivity contribution in [3.8, 4) is 0 Å². The van der Waals surface area contributed by atoms with Crippen molar-refractivity contribution in [2.24, 2.45) is 5.92 Å². The predicted octanol–water partition coefficient (Wildman–Crippen LogP) is 2.74. The average Bonchev–Trinajstić information content (AvgIpc) is 3.34. The predicted molar refractivity (Wildman–Crippen MR) is 128 cm³/mol.